The van der Waals surface area contributed by atoms with Gasteiger partial charge < -0.3 is 9.64 Å². The first-order valence-electron chi connectivity index (χ1n) is 4.94. The Hall–Kier alpha value is -0.740. The maximum atomic E-state index is 5.96. The molecule has 78 valence electrons. The summed E-state index contributed by atoms with van der Waals surface area (Å²) in [7, 11) is 2.01. The van der Waals surface area contributed by atoms with Crippen LogP contribution in [0.4, 0.5) is 0 Å². The summed E-state index contributed by atoms with van der Waals surface area (Å²) in [6.45, 7) is 0. The van der Waals surface area contributed by atoms with Crippen molar-refractivity contribution in [2.24, 2.45) is 0 Å². The van der Waals surface area contributed by atoms with E-state index >= 15 is 0 Å². The van der Waals surface area contributed by atoms with Gasteiger partial charge in [0.15, 0.2) is 6.23 Å². The van der Waals surface area contributed by atoms with Crippen LogP contribution in [-0.2, 0) is 6.42 Å². The van der Waals surface area contributed by atoms with Gasteiger partial charge in [-0.05, 0) is 18.1 Å². The summed E-state index contributed by atoms with van der Waals surface area (Å²) in [5.74, 6) is 1.01. The fraction of sp³-hybridized carbons (Fsp3) is 0.364. The molecule has 0 spiro atoms. The van der Waals surface area contributed by atoms with E-state index in [9.17, 15) is 0 Å². The zero-order chi connectivity index (χ0) is 10.4. The average molecular weight is 237 g/mol. The number of nitrogens with zero attached hydrogens (tertiary/aromatic N) is 1. The normalized spacial score (nSPS) is 28.3. The van der Waals surface area contributed by atoms with Gasteiger partial charge in [0, 0.05) is 7.05 Å². The van der Waals surface area contributed by atoms with Gasteiger partial charge in [0.1, 0.15) is 10.1 Å². The molecule has 4 heteroatoms. The number of hydrogen-bond donors (Lipinski definition) is 0. The number of ether oxygens (including phenoxy) is 1. The minimum atomic E-state index is 0.123. The number of hydrogen-bond acceptors (Lipinski definition) is 3. The highest BCUT2D eigenvalue weighted by Gasteiger charge is 2.41. The summed E-state index contributed by atoms with van der Waals surface area (Å²) in [4.78, 5) is 2.06. The van der Waals surface area contributed by atoms with E-state index in [0.717, 1.165) is 16.5 Å². The first-order chi connectivity index (χ1) is 7.25. The lowest BCUT2D eigenvalue weighted by Crippen LogP contribution is -2.41. The minimum absolute atomic E-state index is 0.123. The molecule has 0 saturated carbocycles. The SMILES string of the molecule is CN1C(=S)S[C@@H]2Cc3ccccc3O[C@H]21. The van der Waals surface area contributed by atoms with Gasteiger partial charge in [-0.3, -0.25) is 0 Å². The zero-order valence-corrected chi connectivity index (χ0v) is 9.98. The predicted molar refractivity (Wildman–Crippen MR) is 66.3 cm³/mol. The van der Waals surface area contributed by atoms with E-state index < -0.39 is 0 Å². The first-order valence-corrected chi connectivity index (χ1v) is 6.22. The lowest BCUT2D eigenvalue weighted by atomic mass is 10.0. The molecule has 0 aliphatic carbocycles. The Bertz CT molecular complexity index is 421. The van der Waals surface area contributed by atoms with Gasteiger partial charge in [-0.1, -0.05) is 42.2 Å². The fourth-order valence-corrected chi connectivity index (χ4v) is 3.68. The van der Waals surface area contributed by atoms with Gasteiger partial charge >= 0.3 is 0 Å². The van der Waals surface area contributed by atoms with Crippen LogP contribution in [-0.4, -0.2) is 27.7 Å². The number of rotatable bonds is 0. The van der Waals surface area contributed by atoms with Crippen LogP contribution in [0.3, 0.4) is 0 Å². The Morgan fingerprint density at radius 2 is 2.27 bits per heavy atom. The van der Waals surface area contributed by atoms with Crippen molar-refractivity contribution in [2.75, 3.05) is 7.05 Å². The number of fused-ring (bicyclic) bond motifs is 2. The summed E-state index contributed by atoms with van der Waals surface area (Å²) in [6.07, 6.45) is 1.17. The molecule has 0 aromatic heterocycles. The van der Waals surface area contributed by atoms with Crippen molar-refractivity contribution in [1.82, 2.24) is 4.90 Å². The van der Waals surface area contributed by atoms with Gasteiger partial charge in [0.05, 0.1) is 5.25 Å². The maximum Gasteiger partial charge on any atom is 0.185 e. The van der Waals surface area contributed by atoms with Crippen molar-refractivity contribution in [3.8, 4) is 5.75 Å². The van der Waals surface area contributed by atoms with E-state index in [4.69, 9.17) is 17.0 Å². The van der Waals surface area contributed by atoms with Crippen LogP contribution in [0.5, 0.6) is 5.75 Å². The molecule has 0 amide bonds. The third-order valence-corrected chi connectivity index (χ3v) is 4.65. The van der Waals surface area contributed by atoms with Crippen molar-refractivity contribution in [1.29, 1.82) is 0 Å². The Morgan fingerprint density at radius 1 is 1.47 bits per heavy atom. The molecule has 0 radical (unpaired) electrons. The van der Waals surface area contributed by atoms with Crippen molar-refractivity contribution >= 4 is 28.3 Å². The molecule has 1 saturated heterocycles. The molecule has 0 N–H and O–H groups in total. The molecule has 2 nitrogen and oxygen atoms in total. The van der Waals surface area contributed by atoms with Crippen LogP contribution in [0.15, 0.2) is 24.3 Å². The lowest BCUT2D eigenvalue weighted by Gasteiger charge is -2.30. The maximum absolute atomic E-state index is 5.96. The highest BCUT2D eigenvalue weighted by atomic mass is 32.2. The summed E-state index contributed by atoms with van der Waals surface area (Å²) in [6, 6.07) is 8.24. The van der Waals surface area contributed by atoms with Gasteiger partial charge in [-0.25, -0.2) is 0 Å². The molecular weight excluding hydrogens is 226 g/mol. The molecule has 1 aromatic carbocycles. The molecule has 2 heterocycles. The lowest BCUT2D eigenvalue weighted by molar-refractivity contribution is 0.0896. The highest BCUT2D eigenvalue weighted by molar-refractivity contribution is 8.23. The summed E-state index contributed by atoms with van der Waals surface area (Å²) >= 11 is 7.03. The molecule has 2 aliphatic rings. The Labute approximate surface area is 98.6 Å². The molecule has 0 unspecified atom stereocenters. The van der Waals surface area contributed by atoms with E-state index in [1.54, 1.807) is 11.8 Å². The molecule has 2 aliphatic heterocycles. The van der Waals surface area contributed by atoms with E-state index in [2.05, 4.69) is 17.0 Å². The van der Waals surface area contributed by atoms with Gasteiger partial charge in [-0.2, -0.15) is 0 Å². The number of thioether (sulfide) groups is 1. The summed E-state index contributed by atoms with van der Waals surface area (Å²) < 4.78 is 6.90. The zero-order valence-electron chi connectivity index (χ0n) is 8.34. The van der Waals surface area contributed by atoms with Crippen LogP contribution in [0, 0.1) is 0 Å². The Balaban J connectivity index is 1.96. The smallest absolute Gasteiger partial charge is 0.185 e. The quantitative estimate of drug-likeness (QED) is 0.641. The standard InChI is InChI=1S/C11H11NOS2/c1-12-10-9(15-11(12)14)6-7-4-2-3-5-8(7)13-10/h2-5,9-10H,6H2,1H3/t9-,10-/m1/s1. The van der Waals surface area contributed by atoms with Crippen LogP contribution in [0.1, 0.15) is 5.56 Å². The van der Waals surface area contributed by atoms with Crippen molar-refractivity contribution in [3.05, 3.63) is 29.8 Å². The van der Waals surface area contributed by atoms with Crippen LogP contribution in [0.2, 0.25) is 0 Å². The van der Waals surface area contributed by atoms with Crippen molar-refractivity contribution < 1.29 is 4.74 Å². The third kappa shape index (κ3) is 1.43. The van der Waals surface area contributed by atoms with E-state index in [-0.39, 0.29) is 6.23 Å². The third-order valence-electron chi connectivity index (χ3n) is 2.88. The fourth-order valence-electron chi connectivity index (χ4n) is 2.06. The van der Waals surface area contributed by atoms with Crippen LogP contribution >= 0.6 is 24.0 Å². The van der Waals surface area contributed by atoms with Gasteiger partial charge in [-0.15, -0.1) is 0 Å². The van der Waals surface area contributed by atoms with E-state index in [1.165, 1.54) is 5.56 Å². The molecule has 3 rings (SSSR count). The topological polar surface area (TPSA) is 12.5 Å². The first kappa shape index (κ1) is 9.48. The van der Waals surface area contributed by atoms with Crippen molar-refractivity contribution in [2.45, 2.75) is 17.9 Å². The molecule has 1 fully saturated rings. The Kier molecular flexibility index (Phi) is 2.14. The molecule has 15 heavy (non-hydrogen) atoms. The number of benzene rings is 1. The van der Waals surface area contributed by atoms with Gasteiger partial charge in [0.25, 0.3) is 0 Å². The predicted octanol–water partition coefficient (Wildman–Crippen LogP) is 2.28. The van der Waals surface area contributed by atoms with E-state index in [0.29, 0.717) is 5.25 Å². The monoisotopic (exact) mass is 237 g/mol. The van der Waals surface area contributed by atoms with E-state index in [1.807, 2.05) is 19.2 Å². The second-order valence-corrected chi connectivity index (χ2v) is 5.73. The summed E-state index contributed by atoms with van der Waals surface area (Å²) in [5.41, 5.74) is 1.30. The number of thiocarbonyl (C=S) groups is 1. The molecule has 2 atom stereocenters. The summed E-state index contributed by atoms with van der Waals surface area (Å²) in [5, 5.41) is 0.456. The minimum Gasteiger partial charge on any atom is -0.469 e. The average Bonchev–Trinajstić information content (AvgIpc) is 2.52. The molecule has 0 bridgehead atoms. The van der Waals surface area contributed by atoms with Crippen molar-refractivity contribution in [3.63, 3.8) is 0 Å². The Morgan fingerprint density at radius 3 is 3.13 bits per heavy atom. The van der Waals surface area contributed by atoms with Crippen LogP contribution < -0.4 is 4.74 Å². The van der Waals surface area contributed by atoms with Gasteiger partial charge in [0.2, 0.25) is 0 Å². The van der Waals surface area contributed by atoms with Crippen LogP contribution in [0.25, 0.3) is 0 Å². The second kappa shape index (κ2) is 3.39. The highest BCUT2D eigenvalue weighted by Crippen LogP contribution is 2.39. The molecule has 1 aromatic rings. The second-order valence-electron chi connectivity index (χ2n) is 3.85. The largest absolute Gasteiger partial charge is 0.469 e. The molecular formula is C11H11NOS2. The number of para-hydroxylation sites is 1.